The number of benzene rings is 2. The summed E-state index contributed by atoms with van der Waals surface area (Å²) >= 11 is 0. The lowest BCUT2D eigenvalue weighted by Gasteiger charge is -2.34. The Labute approximate surface area is 184 Å². The molecule has 2 unspecified atom stereocenters. The van der Waals surface area contributed by atoms with Crippen LogP contribution in [0.2, 0.25) is 0 Å². The zero-order valence-electron chi connectivity index (χ0n) is 17.7. The van der Waals surface area contributed by atoms with Gasteiger partial charge in [0.2, 0.25) is 5.91 Å². The Morgan fingerprint density at radius 2 is 1.94 bits per heavy atom. The summed E-state index contributed by atoms with van der Waals surface area (Å²) in [6, 6.07) is 9.03. The summed E-state index contributed by atoms with van der Waals surface area (Å²) in [7, 11) is 0. The first kappa shape index (κ1) is 20.8. The number of halogens is 2. The Morgan fingerprint density at radius 3 is 2.62 bits per heavy atom. The van der Waals surface area contributed by atoms with Gasteiger partial charge in [0.1, 0.15) is 17.2 Å². The van der Waals surface area contributed by atoms with Gasteiger partial charge in [-0.3, -0.25) is 14.8 Å². The number of carbonyl (C=O) groups is 1. The van der Waals surface area contributed by atoms with E-state index in [0.29, 0.717) is 42.9 Å². The van der Waals surface area contributed by atoms with Crippen LogP contribution < -0.4 is 5.32 Å². The van der Waals surface area contributed by atoms with Crippen molar-refractivity contribution in [3.63, 3.8) is 0 Å². The molecule has 8 heteroatoms. The standard InChI is InChI=1S/C24H24F2N4O2/c1-15-14-24(15,30-8-10-32-11-9-30)23(31)27-22-12-18-20(28-29-21(18)13-19(22)26)7-4-16-2-5-17(25)6-3-16/h2-7,12-13,15H,8-11,14H2,1H3,(H,27,31)(H,28,29)/b7-4+. The predicted molar refractivity (Wildman–Crippen MR) is 119 cm³/mol. The van der Waals surface area contributed by atoms with Gasteiger partial charge in [0, 0.05) is 24.5 Å². The molecule has 2 heterocycles. The molecule has 0 bridgehead atoms. The van der Waals surface area contributed by atoms with Crippen LogP contribution in [0, 0.1) is 17.6 Å². The number of anilines is 1. The number of nitrogens with zero attached hydrogens (tertiary/aromatic N) is 2. The van der Waals surface area contributed by atoms with Crippen molar-refractivity contribution >= 4 is 34.6 Å². The van der Waals surface area contributed by atoms with E-state index < -0.39 is 11.4 Å². The molecule has 2 fully saturated rings. The highest BCUT2D eigenvalue weighted by molar-refractivity contribution is 6.02. The Morgan fingerprint density at radius 1 is 1.22 bits per heavy atom. The summed E-state index contributed by atoms with van der Waals surface area (Å²) in [5.41, 5.74) is 1.47. The number of hydrogen-bond acceptors (Lipinski definition) is 4. The molecule has 0 spiro atoms. The fourth-order valence-corrected chi connectivity index (χ4v) is 4.53. The maximum Gasteiger partial charge on any atom is 0.245 e. The number of hydrogen-bond donors (Lipinski definition) is 2. The molecule has 1 saturated heterocycles. The fourth-order valence-electron chi connectivity index (χ4n) is 4.53. The summed E-state index contributed by atoms with van der Waals surface area (Å²) in [5.74, 6) is -0.801. The molecule has 1 aliphatic heterocycles. The number of morpholine rings is 1. The molecule has 2 aliphatic rings. The van der Waals surface area contributed by atoms with Gasteiger partial charge in [-0.25, -0.2) is 8.78 Å². The average molecular weight is 438 g/mol. The van der Waals surface area contributed by atoms with Gasteiger partial charge in [-0.2, -0.15) is 5.10 Å². The van der Waals surface area contributed by atoms with Crippen molar-refractivity contribution in [2.24, 2.45) is 5.92 Å². The minimum atomic E-state index is -0.604. The summed E-state index contributed by atoms with van der Waals surface area (Å²) in [5, 5.41) is 10.6. The van der Waals surface area contributed by atoms with Crippen molar-refractivity contribution in [3.05, 3.63) is 59.3 Å². The van der Waals surface area contributed by atoms with E-state index in [9.17, 15) is 13.6 Å². The Balaban J connectivity index is 1.40. The number of aromatic nitrogens is 2. The molecule has 1 aliphatic carbocycles. The number of ether oxygens (including phenoxy) is 1. The van der Waals surface area contributed by atoms with E-state index in [0.717, 1.165) is 12.0 Å². The van der Waals surface area contributed by atoms with Crippen molar-refractivity contribution in [3.8, 4) is 0 Å². The molecule has 2 aromatic carbocycles. The molecular formula is C24H24F2N4O2. The normalized spacial score (nSPS) is 23.7. The highest BCUT2D eigenvalue weighted by Gasteiger charge is 2.61. The monoisotopic (exact) mass is 438 g/mol. The first-order chi connectivity index (χ1) is 15.5. The number of nitrogens with one attached hydrogen (secondary N) is 2. The van der Waals surface area contributed by atoms with Crippen molar-refractivity contribution < 1.29 is 18.3 Å². The van der Waals surface area contributed by atoms with Crippen LogP contribution in [0.5, 0.6) is 0 Å². The molecule has 5 rings (SSSR count). The zero-order valence-corrected chi connectivity index (χ0v) is 17.7. The molecule has 2 atom stereocenters. The maximum atomic E-state index is 14.8. The number of H-pyrrole nitrogens is 1. The van der Waals surface area contributed by atoms with Crippen molar-refractivity contribution in [1.29, 1.82) is 0 Å². The third kappa shape index (κ3) is 3.69. The minimum absolute atomic E-state index is 0.132. The predicted octanol–water partition coefficient (Wildman–Crippen LogP) is 4.06. The molecule has 1 aromatic heterocycles. The molecular weight excluding hydrogens is 414 g/mol. The van der Waals surface area contributed by atoms with E-state index in [1.165, 1.54) is 18.2 Å². The molecule has 166 valence electrons. The fraction of sp³-hybridized carbons (Fsp3) is 0.333. The van der Waals surface area contributed by atoms with Crippen LogP contribution >= 0.6 is 0 Å². The second-order valence-electron chi connectivity index (χ2n) is 8.45. The van der Waals surface area contributed by atoms with E-state index in [2.05, 4.69) is 20.4 Å². The van der Waals surface area contributed by atoms with E-state index >= 15 is 0 Å². The SMILES string of the molecule is CC1CC1(C(=O)Nc1cc2c(/C=C/c3ccc(F)cc3)n[nH]c2cc1F)N1CCOCC1. The van der Waals surface area contributed by atoms with Crippen molar-refractivity contribution in [2.75, 3.05) is 31.6 Å². The largest absolute Gasteiger partial charge is 0.379 e. The summed E-state index contributed by atoms with van der Waals surface area (Å²) in [6.45, 7) is 4.63. The summed E-state index contributed by atoms with van der Waals surface area (Å²) < 4.78 is 33.3. The first-order valence-corrected chi connectivity index (χ1v) is 10.7. The van der Waals surface area contributed by atoms with Gasteiger partial charge < -0.3 is 10.1 Å². The third-order valence-electron chi connectivity index (χ3n) is 6.47. The second kappa shape index (κ2) is 8.11. The van der Waals surface area contributed by atoms with Crippen LogP contribution in [0.1, 0.15) is 24.6 Å². The van der Waals surface area contributed by atoms with Gasteiger partial charge in [0.05, 0.1) is 30.1 Å². The Hall–Kier alpha value is -3.10. The molecule has 32 heavy (non-hydrogen) atoms. The lowest BCUT2D eigenvalue weighted by molar-refractivity contribution is -0.125. The average Bonchev–Trinajstić information content (AvgIpc) is 3.35. The van der Waals surface area contributed by atoms with Gasteiger partial charge in [0.15, 0.2) is 0 Å². The first-order valence-electron chi connectivity index (χ1n) is 10.7. The van der Waals surface area contributed by atoms with Gasteiger partial charge in [0.25, 0.3) is 0 Å². The molecule has 6 nitrogen and oxygen atoms in total. The van der Waals surface area contributed by atoms with Gasteiger partial charge in [-0.1, -0.05) is 25.1 Å². The smallest absolute Gasteiger partial charge is 0.245 e. The van der Waals surface area contributed by atoms with E-state index in [1.54, 1.807) is 30.4 Å². The van der Waals surface area contributed by atoms with Crippen LogP contribution in [0.3, 0.4) is 0 Å². The van der Waals surface area contributed by atoms with Crippen LogP contribution in [0.4, 0.5) is 14.5 Å². The summed E-state index contributed by atoms with van der Waals surface area (Å²) in [6.07, 6.45) is 4.32. The number of carbonyl (C=O) groups excluding carboxylic acids is 1. The topological polar surface area (TPSA) is 70.2 Å². The molecule has 1 amide bonds. The van der Waals surface area contributed by atoms with Gasteiger partial charge in [-0.05, 0) is 42.2 Å². The lowest BCUT2D eigenvalue weighted by Crippen LogP contribution is -2.52. The molecule has 3 aromatic rings. The van der Waals surface area contributed by atoms with E-state index in [1.807, 2.05) is 6.92 Å². The molecule has 1 saturated carbocycles. The summed E-state index contributed by atoms with van der Waals surface area (Å²) in [4.78, 5) is 15.4. The quantitative estimate of drug-likeness (QED) is 0.630. The highest BCUT2D eigenvalue weighted by atomic mass is 19.1. The minimum Gasteiger partial charge on any atom is -0.379 e. The van der Waals surface area contributed by atoms with E-state index in [-0.39, 0.29) is 23.3 Å². The molecule has 0 radical (unpaired) electrons. The number of fused-ring (bicyclic) bond motifs is 1. The second-order valence-corrected chi connectivity index (χ2v) is 8.45. The van der Waals surface area contributed by atoms with E-state index in [4.69, 9.17) is 4.74 Å². The van der Waals surface area contributed by atoms with Crippen molar-refractivity contribution in [1.82, 2.24) is 15.1 Å². The van der Waals surface area contributed by atoms with Crippen LogP contribution in [0.15, 0.2) is 36.4 Å². The highest BCUT2D eigenvalue weighted by Crippen LogP contribution is 2.49. The van der Waals surface area contributed by atoms with Crippen LogP contribution in [-0.4, -0.2) is 52.8 Å². The third-order valence-corrected chi connectivity index (χ3v) is 6.47. The zero-order chi connectivity index (χ0) is 22.3. The Kier molecular flexibility index (Phi) is 5.27. The Bertz CT molecular complexity index is 1180. The number of amides is 1. The number of aromatic amines is 1. The van der Waals surface area contributed by atoms with Gasteiger partial charge in [-0.15, -0.1) is 0 Å². The van der Waals surface area contributed by atoms with Crippen LogP contribution in [0.25, 0.3) is 23.1 Å². The number of rotatable bonds is 5. The van der Waals surface area contributed by atoms with Gasteiger partial charge >= 0.3 is 0 Å². The van der Waals surface area contributed by atoms with Crippen LogP contribution in [-0.2, 0) is 9.53 Å². The maximum absolute atomic E-state index is 14.8. The molecule has 2 N–H and O–H groups in total. The lowest BCUT2D eigenvalue weighted by atomic mass is 10.1. The van der Waals surface area contributed by atoms with Crippen molar-refractivity contribution in [2.45, 2.75) is 18.9 Å².